The second kappa shape index (κ2) is 2.92. The number of aryl methyl sites for hydroxylation is 1. The minimum Gasteiger partial charge on any atom is -0.263 e. The molecule has 0 radical (unpaired) electrons. The van der Waals surface area contributed by atoms with Gasteiger partial charge in [0.15, 0.2) is 0 Å². The first kappa shape index (κ1) is 6.68. The Labute approximate surface area is 59.3 Å². The highest BCUT2D eigenvalue weighted by atomic mass is 32.2. The van der Waals surface area contributed by atoms with Crippen LogP contribution in [0.15, 0.2) is 12.4 Å². The van der Waals surface area contributed by atoms with Gasteiger partial charge in [0.25, 0.3) is 0 Å². The molecule has 3 heteroatoms. The second-order valence-corrected chi connectivity index (χ2v) is 2.81. The van der Waals surface area contributed by atoms with Crippen LogP contribution >= 0.6 is 11.8 Å². The summed E-state index contributed by atoms with van der Waals surface area (Å²) in [6.45, 7) is 2.05. The number of thioether (sulfide) groups is 1. The molecule has 0 atom stereocenters. The Balaban J connectivity index is 2.61. The van der Waals surface area contributed by atoms with Gasteiger partial charge < -0.3 is 0 Å². The van der Waals surface area contributed by atoms with Crippen molar-refractivity contribution in [2.75, 3.05) is 6.26 Å². The summed E-state index contributed by atoms with van der Waals surface area (Å²) < 4.78 is 1.93. The standard InChI is InChI=1S/C6H10N2S/c1-6-3-7-8(4-6)5-9-2/h3-4H,5H2,1-2H3. The van der Waals surface area contributed by atoms with Gasteiger partial charge in [0.05, 0.1) is 12.1 Å². The normalized spacial score (nSPS) is 10.0. The summed E-state index contributed by atoms with van der Waals surface area (Å²) in [5.74, 6) is 0.952. The van der Waals surface area contributed by atoms with E-state index >= 15 is 0 Å². The first-order valence-corrected chi connectivity index (χ1v) is 4.20. The van der Waals surface area contributed by atoms with Crippen LogP contribution in [0.25, 0.3) is 0 Å². The Kier molecular flexibility index (Phi) is 2.16. The molecule has 0 unspecified atom stereocenters. The van der Waals surface area contributed by atoms with Crippen LogP contribution in [0.3, 0.4) is 0 Å². The Morgan fingerprint density at radius 1 is 1.78 bits per heavy atom. The van der Waals surface area contributed by atoms with E-state index in [-0.39, 0.29) is 0 Å². The van der Waals surface area contributed by atoms with Gasteiger partial charge in [-0.1, -0.05) is 0 Å². The van der Waals surface area contributed by atoms with Crippen molar-refractivity contribution in [2.24, 2.45) is 0 Å². The van der Waals surface area contributed by atoms with Gasteiger partial charge in [0.1, 0.15) is 0 Å². The highest BCUT2D eigenvalue weighted by Crippen LogP contribution is 1.99. The van der Waals surface area contributed by atoms with Crippen LogP contribution in [0.5, 0.6) is 0 Å². The summed E-state index contributed by atoms with van der Waals surface area (Å²) >= 11 is 1.77. The molecule has 0 aliphatic heterocycles. The van der Waals surface area contributed by atoms with Crippen LogP contribution < -0.4 is 0 Å². The van der Waals surface area contributed by atoms with Gasteiger partial charge in [0, 0.05) is 6.20 Å². The van der Waals surface area contributed by atoms with E-state index in [1.54, 1.807) is 11.8 Å². The van der Waals surface area contributed by atoms with Crippen LogP contribution in [0.2, 0.25) is 0 Å². The zero-order valence-corrected chi connectivity index (χ0v) is 6.48. The van der Waals surface area contributed by atoms with Crippen molar-refractivity contribution < 1.29 is 0 Å². The lowest BCUT2D eigenvalue weighted by Crippen LogP contribution is -1.92. The molecule has 0 bridgehead atoms. The fourth-order valence-corrected chi connectivity index (χ4v) is 1.08. The molecule has 0 aromatic carbocycles. The topological polar surface area (TPSA) is 17.8 Å². The molecular weight excluding hydrogens is 132 g/mol. The number of hydrogen-bond donors (Lipinski definition) is 0. The molecule has 0 N–H and O–H groups in total. The van der Waals surface area contributed by atoms with E-state index in [2.05, 4.69) is 11.4 Å². The lowest BCUT2D eigenvalue weighted by Gasteiger charge is -1.93. The summed E-state index contributed by atoms with van der Waals surface area (Å²) in [6, 6.07) is 0. The molecule has 1 aromatic rings. The van der Waals surface area contributed by atoms with E-state index in [0.717, 1.165) is 5.88 Å². The zero-order chi connectivity index (χ0) is 6.69. The van der Waals surface area contributed by atoms with Gasteiger partial charge in [0.2, 0.25) is 0 Å². The molecule has 0 saturated carbocycles. The summed E-state index contributed by atoms with van der Waals surface area (Å²) in [4.78, 5) is 0. The van der Waals surface area contributed by atoms with Crippen molar-refractivity contribution in [2.45, 2.75) is 12.8 Å². The Bertz CT molecular complexity index is 183. The fourth-order valence-electron chi connectivity index (χ4n) is 0.670. The van der Waals surface area contributed by atoms with Crippen LogP contribution in [-0.2, 0) is 5.88 Å². The molecule has 0 spiro atoms. The summed E-state index contributed by atoms with van der Waals surface area (Å²) in [5.41, 5.74) is 1.23. The summed E-state index contributed by atoms with van der Waals surface area (Å²) in [6.07, 6.45) is 5.98. The first-order valence-electron chi connectivity index (χ1n) is 2.81. The quantitative estimate of drug-likeness (QED) is 0.623. The highest BCUT2D eigenvalue weighted by Gasteiger charge is 1.89. The molecule has 0 fully saturated rings. The number of hydrogen-bond acceptors (Lipinski definition) is 2. The Morgan fingerprint density at radius 2 is 2.56 bits per heavy atom. The third-order valence-corrected chi connectivity index (χ3v) is 1.55. The van der Waals surface area contributed by atoms with Crippen molar-refractivity contribution in [3.05, 3.63) is 18.0 Å². The van der Waals surface area contributed by atoms with E-state index in [9.17, 15) is 0 Å². The molecule has 0 amide bonds. The predicted octanol–water partition coefficient (Wildman–Crippen LogP) is 1.51. The van der Waals surface area contributed by atoms with E-state index < -0.39 is 0 Å². The van der Waals surface area contributed by atoms with E-state index in [1.165, 1.54) is 5.56 Å². The SMILES string of the molecule is CSCn1cc(C)cn1. The highest BCUT2D eigenvalue weighted by molar-refractivity contribution is 7.97. The van der Waals surface area contributed by atoms with Crippen LogP contribution in [0.4, 0.5) is 0 Å². The molecule has 1 aromatic heterocycles. The molecule has 9 heavy (non-hydrogen) atoms. The van der Waals surface area contributed by atoms with E-state index in [4.69, 9.17) is 0 Å². The maximum atomic E-state index is 4.10. The van der Waals surface area contributed by atoms with Crippen molar-refractivity contribution in [3.63, 3.8) is 0 Å². The average Bonchev–Trinajstić information content (AvgIpc) is 2.17. The smallest absolute Gasteiger partial charge is 0.0860 e. The van der Waals surface area contributed by atoms with Crippen LogP contribution in [0, 0.1) is 6.92 Å². The third kappa shape index (κ3) is 1.75. The zero-order valence-electron chi connectivity index (χ0n) is 5.66. The predicted molar refractivity (Wildman–Crippen MR) is 40.5 cm³/mol. The summed E-state index contributed by atoms with van der Waals surface area (Å²) in [5, 5.41) is 4.10. The molecule has 1 rings (SSSR count). The maximum Gasteiger partial charge on any atom is 0.0860 e. The monoisotopic (exact) mass is 142 g/mol. The largest absolute Gasteiger partial charge is 0.263 e. The number of nitrogens with zero attached hydrogens (tertiary/aromatic N) is 2. The molecule has 0 saturated heterocycles. The van der Waals surface area contributed by atoms with Gasteiger partial charge in [-0.05, 0) is 18.7 Å². The van der Waals surface area contributed by atoms with Gasteiger partial charge in [-0.2, -0.15) is 5.10 Å². The van der Waals surface area contributed by atoms with Crippen molar-refractivity contribution >= 4 is 11.8 Å². The van der Waals surface area contributed by atoms with Crippen LogP contribution in [0.1, 0.15) is 5.56 Å². The minimum atomic E-state index is 0.952. The minimum absolute atomic E-state index is 0.952. The lowest BCUT2D eigenvalue weighted by atomic mass is 10.4. The Hall–Kier alpha value is -0.440. The van der Waals surface area contributed by atoms with E-state index in [1.807, 2.05) is 24.0 Å². The molecular formula is C6H10N2S. The number of rotatable bonds is 2. The molecule has 50 valence electrons. The molecule has 0 aliphatic carbocycles. The van der Waals surface area contributed by atoms with Crippen molar-refractivity contribution in [3.8, 4) is 0 Å². The fraction of sp³-hybridized carbons (Fsp3) is 0.500. The van der Waals surface area contributed by atoms with Gasteiger partial charge in [-0.25, -0.2) is 0 Å². The van der Waals surface area contributed by atoms with Gasteiger partial charge >= 0.3 is 0 Å². The van der Waals surface area contributed by atoms with Crippen LogP contribution in [-0.4, -0.2) is 16.0 Å². The number of aromatic nitrogens is 2. The van der Waals surface area contributed by atoms with Gasteiger partial charge in [-0.15, -0.1) is 11.8 Å². The summed E-state index contributed by atoms with van der Waals surface area (Å²) in [7, 11) is 0. The average molecular weight is 142 g/mol. The molecule has 2 nitrogen and oxygen atoms in total. The van der Waals surface area contributed by atoms with Crippen molar-refractivity contribution in [1.29, 1.82) is 0 Å². The second-order valence-electron chi connectivity index (χ2n) is 1.97. The lowest BCUT2D eigenvalue weighted by molar-refractivity contribution is 0.751. The first-order chi connectivity index (χ1) is 4.33. The third-order valence-electron chi connectivity index (χ3n) is 1.02. The Morgan fingerprint density at radius 3 is 3.00 bits per heavy atom. The molecule has 0 aliphatic rings. The van der Waals surface area contributed by atoms with E-state index in [0.29, 0.717) is 0 Å². The molecule has 1 heterocycles. The maximum absolute atomic E-state index is 4.10. The van der Waals surface area contributed by atoms with Crippen molar-refractivity contribution in [1.82, 2.24) is 9.78 Å². The van der Waals surface area contributed by atoms with Gasteiger partial charge in [-0.3, -0.25) is 4.68 Å².